The molecule has 0 radical (unpaired) electrons. The molecule has 1 aliphatic carbocycles. The largest absolute Gasteiger partial charge is 0.507 e. The maximum atomic E-state index is 13.5. The minimum absolute atomic E-state index is 0.152. The van der Waals surface area contributed by atoms with Crippen LogP contribution in [0.5, 0.6) is 17.2 Å². The van der Waals surface area contributed by atoms with Crippen molar-refractivity contribution in [3.63, 3.8) is 0 Å². The summed E-state index contributed by atoms with van der Waals surface area (Å²) in [6.45, 7) is 14.1. The number of ether oxygens (including phenoxy) is 1. The lowest BCUT2D eigenvalue weighted by atomic mass is 9.59. The van der Waals surface area contributed by atoms with E-state index < -0.39 is 28.4 Å². The van der Waals surface area contributed by atoms with E-state index in [2.05, 4.69) is 0 Å². The molecule has 1 aromatic carbocycles. The summed E-state index contributed by atoms with van der Waals surface area (Å²) in [6.07, 6.45) is 0.509. The van der Waals surface area contributed by atoms with E-state index in [-0.39, 0.29) is 46.1 Å². The van der Waals surface area contributed by atoms with Gasteiger partial charge in [-0.25, -0.2) is 0 Å². The lowest BCUT2D eigenvalue weighted by molar-refractivity contribution is -0.144. The summed E-state index contributed by atoms with van der Waals surface area (Å²) in [5.74, 6) is -2.11. The Kier molecular flexibility index (Phi) is 5.36. The fraction of sp³-hybridized carbons (Fsp3) is 0.560. The maximum Gasteiger partial charge on any atom is 0.175 e. The minimum Gasteiger partial charge on any atom is -0.507 e. The van der Waals surface area contributed by atoms with Crippen LogP contribution in [0.3, 0.4) is 0 Å². The second kappa shape index (κ2) is 7.21. The summed E-state index contributed by atoms with van der Waals surface area (Å²) in [5, 5.41) is 21.7. The van der Waals surface area contributed by atoms with Crippen LogP contribution < -0.4 is 4.74 Å². The summed E-state index contributed by atoms with van der Waals surface area (Å²) in [6, 6.07) is 1.31. The number of aromatic hydroxyl groups is 2. The number of carbonyl (C=O) groups is 3. The van der Waals surface area contributed by atoms with Crippen LogP contribution in [0.25, 0.3) is 0 Å². The number of rotatable bonds is 4. The van der Waals surface area contributed by atoms with Crippen LogP contribution in [-0.4, -0.2) is 27.6 Å². The van der Waals surface area contributed by atoms with Crippen molar-refractivity contribution in [3.8, 4) is 17.2 Å². The Morgan fingerprint density at radius 2 is 1.65 bits per heavy atom. The van der Waals surface area contributed by atoms with E-state index in [9.17, 15) is 24.6 Å². The fourth-order valence-electron chi connectivity index (χ4n) is 4.82. The zero-order chi connectivity index (χ0) is 23.6. The lowest BCUT2D eigenvalue weighted by Crippen LogP contribution is -2.51. The Bertz CT molecular complexity index is 1020. The smallest absolute Gasteiger partial charge is 0.175 e. The van der Waals surface area contributed by atoms with Gasteiger partial charge in [-0.15, -0.1) is 0 Å². The van der Waals surface area contributed by atoms with Gasteiger partial charge in [-0.3, -0.25) is 14.4 Å². The van der Waals surface area contributed by atoms with Gasteiger partial charge in [-0.2, -0.15) is 0 Å². The number of hydrogen-bond donors (Lipinski definition) is 2. The molecule has 1 heterocycles. The topological polar surface area (TPSA) is 101 Å². The van der Waals surface area contributed by atoms with Gasteiger partial charge < -0.3 is 14.9 Å². The van der Waals surface area contributed by atoms with E-state index in [1.807, 2.05) is 13.8 Å². The molecule has 168 valence electrons. The van der Waals surface area contributed by atoms with Gasteiger partial charge in [0.05, 0.1) is 10.8 Å². The number of ketones is 3. The summed E-state index contributed by atoms with van der Waals surface area (Å²) in [7, 11) is 0. The average Bonchev–Trinajstić information content (AvgIpc) is 2.64. The molecule has 0 aromatic heterocycles. The third-order valence-electron chi connectivity index (χ3n) is 6.43. The third kappa shape index (κ3) is 3.27. The molecule has 31 heavy (non-hydrogen) atoms. The number of benzene rings is 1. The highest BCUT2D eigenvalue weighted by molar-refractivity contribution is 6.20. The van der Waals surface area contributed by atoms with Gasteiger partial charge in [0.2, 0.25) is 0 Å². The molecule has 0 bridgehead atoms. The Labute approximate surface area is 183 Å². The SMILES string of the molecule is CC(C)C[C@@H]1C2=C(Oc3cc(O)c(C(=O)C(C)C)c(O)c31)C(C)(C)C(=O)C(C)(C)C2=O. The Morgan fingerprint density at radius 3 is 2.16 bits per heavy atom. The minimum atomic E-state index is -1.23. The standard InChI is InChI=1S/C25H32O6/c1-11(2)9-13-16-15(10-14(26)18(20(16)28)19(27)12(3)4)31-22-17(13)21(29)24(5,6)23(30)25(22,7)8/h10-13,26,28H,9H2,1-8H3/t13-/m0/s1. The molecule has 0 amide bonds. The summed E-state index contributed by atoms with van der Waals surface area (Å²) in [4.78, 5) is 39.4. The molecule has 1 aliphatic heterocycles. The number of hydrogen-bond acceptors (Lipinski definition) is 6. The lowest BCUT2D eigenvalue weighted by Gasteiger charge is -2.45. The first-order valence-corrected chi connectivity index (χ1v) is 10.8. The predicted octanol–water partition coefficient (Wildman–Crippen LogP) is 4.92. The monoisotopic (exact) mass is 428 g/mol. The quantitative estimate of drug-likeness (QED) is 0.522. The number of Topliss-reactive ketones (excluding diaryl/α,β-unsaturated/α-hetero) is 3. The van der Waals surface area contributed by atoms with Gasteiger partial charge in [0.15, 0.2) is 17.3 Å². The normalized spacial score (nSPS) is 21.8. The van der Waals surface area contributed by atoms with Gasteiger partial charge >= 0.3 is 0 Å². The molecule has 2 aliphatic rings. The van der Waals surface area contributed by atoms with Crippen LogP contribution in [0.2, 0.25) is 0 Å². The molecule has 6 heteroatoms. The number of phenols is 2. The van der Waals surface area contributed by atoms with Crippen LogP contribution in [0.4, 0.5) is 0 Å². The predicted molar refractivity (Wildman–Crippen MR) is 116 cm³/mol. The van der Waals surface area contributed by atoms with Gasteiger partial charge in [-0.05, 0) is 40.0 Å². The Balaban J connectivity index is 2.37. The molecule has 2 N–H and O–H groups in total. The van der Waals surface area contributed by atoms with Crippen LogP contribution >= 0.6 is 0 Å². The highest BCUT2D eigenvalue weighted by Crippen LogP contribution is 2.57. The van der Waals surface area contributed by atoms with Crippen LogP contribution in [-0.2, 0) is 9.59 Å². The molecule has 6 nitrogen and oxygen atoms in total. The first-order valence-electron chi connectivity index (χ1n) is 10.8. The molecule has 0 saturated heterocycles. The van der Waals surface area contributed by atoms with E-state index >= 15 is 0 Å². The van der Waals surface area contributed by atoms with E-state index in [1.165, 1.54) is 6.07 Å². The van der Waals surface area contributed by atoms with Crippen molar-refractivity contribution in [1.29, 1.82) is 0 Å². The third-order valence-corrected chi connectivity index (χ3v) is 6.43. The van der Waals surface area contributed by atoms with Crippen molar-refractivity contribution < 1.29 is 29.3 Å². The van der Waals surface area contributed by atoms with Crippen molar-refractivity contribution in [2.24, 2.45) is 22.7 Å². The molecular weight excluding hydrogens is 396 g/mol. The van der Waals surface area contributed by atoms with E-state index in [1.54, 1.807) is 41.5 Å². The van der Waals surface area contributed by atoms with Gasteiger partial charge in [0, 0.05) is 29.0 Å². The first-order chi connectivity index (χ1) is 14.1. The highest BCUT2D eigenvalue weighted by atomic mass is 16.5. The molecule has 0 saturated carbocycles. The molecular formula is C25H32O6. The van der Waals surface area contributed by atoms with Gasteiger partial charge in [-0.1, -0.05) is 27.7 Å². The first kappa shape index (κ1) is 23.0. The van der Waals surface area contributed by atoms with Crippen molar-refractivity contribution in [2.75, 3.05) is 0 Å². The van der Waals surface area contributed by atoms with Crippen molar-refractivity contribution in [2.45, 2.75) is 67.7 Å². The van der Waals surface area contributed by atoms with Crippen LogP contribution in [0, 0.1) is 22.7 Å². The maximum absolute atomic E-state index is 13.5. The summed E-state index contributed by atoms with van der Waals surface area (Å²) < 4.78 is 6.06. The fourth-order valence-corrected chi connectivity index (χ4v) is 4.82. The zero-order valence-corrected chi connectivity index (χ0v) is 19.5. The Hall–Kier alpha value is -2.63. The van der Waals surface area contributed by atoms with E-state index in [0.717, 1.165) is 0 Å². The molecule has 1 atom stereocenters. The van der Waals surface area contributed by atoms with Crippen LogP contribution in [0.1, 0.15) is 83.7 Å². The van der Waals surface area contributed by atoms with E-state index in [0.29, 0.717) is 17.6 Å². The molecule has 1 aromatic rings. The zero-order valence-electron chi connectivity index (χ0n) is 19.5. The van der Waals surface area contributed by atoms with E-state index in [4.69, 9.17) is 4.74 Å². The summed E-state index contributed by atoms with van der Waals surface area (Å²) in [5.41, 5.74) is -1.75. The number of carbonyl (C=O) groups excluding carboxylic acids is 3. The van der Waals surface area contributed by atoms with Crippen molar-refractivity contribution in [3.05, 3.63) is 28.5 Å². The molecule has 3 rings (SSSR count). The molecule has 0 fully saturated rings. The molecule has 0 unspecified atom stereocenters. The number of fused-ring (bicyclic) bond motifs is 1. The van der Waals surface area contributed by atoms with Crippen LogP contribution in [0.15, 0.2) is 17.4 Å². The molecule has 0 spiro atoms. The van der Waals surface area contributed by atoms with Gasteiger partial charge in [0.1, 0.15) is 28.6 Å². The summed E-state index contributed by atoms with van der Waals surface area (Å²) >= 11 is 0. The average molecular weight is 429 g/mol. The van der Waals surface area contributed by atoms with Crippen molar-refractivity contribution in [1.82, 2.24) is 0 Å². The van der Waals surface area contributed by atoms with Crippen molar-refractivity contribution >= 4 is 17.3 Å². The Morgan fingerprint density at radius 1 is 1.06 bits per heavy atom. The second-order valence-electron chi connectivity index (χ2n) is 10.5. The highest BCUT2D eigenvalue weighted by Gasteiger charge is 2.57. The second-order valence-corrected chi connectivity index (χ2v) is 10.5. The number of phenolic OH excluding ortho intramolecular Hbond substituents is 2. The number of allylic oxidation sites excluding steroid dienone is 2. The van der Waals surface area contributed by atoms with Gasteiger partial charge in [0.25, 0.3) is 0 Å².